The summed E-state index contributed by atoms with van der Waals surface area (Å²) in [4.78, 5) is 37.6. The fourth-order valence-electron chi connectivity index (χ4n) is 3.08. The Kier molecular flexibility index (Phi) is 7.30. The highest BCUT2D eigenvalue weighted by molar-refractivity contribution is 9.10. The van der Waals surface area contributed by atoms with E-state index in [-0.39, 0.29) is 30.0 Å². The second-order valence-corrected chi connectivity index (χ2v) is 7.33. The van der Waals surface area contributed by atoms with Gasteiger partial charge in [-0.05, 0) is 46.6 Å². The summed E-state index contributed by atoms with van der Waals surface area (Å²) in [5.74, 6) is -0.774. The quantitative estimate of drug-likeness (QED) is 0.578. The van der Waals surface area contributed by atoms with Gasteiger partial charge in [0, 0.05) is 4.47 Å². The minimum Gasteiger partial charge on any atom is -0.497 e. The molecule has 0 aromatic heterocycles. The van der Waals surface area contributed by atoms with Gasteiger partial charge in [-0.2, -0.15) is 0 Å². The number of nitrogens with one attached hydrogen (secondary N) is 2. The van der Waals surface area contributed by atoms with E-state index >= 15 is 0 Å². The lowest BCUT2D eigenvalue weighted by Crippen LogP contribution is -2.47. The summed E-state index contributed by atoms with van der Waals surface area (Å²) in [6, 6.07) is 12.6. The maximum atomic E-state index is 12.7. The minimum atomic E-state index is -0.744. The Hall–Kier alpha value is -3.33. The molecule has 2 aromatic carbocycles. The van der Waals surface area contributed by atoms with Crippen LogP contribution >= 0.6 is 15.9 Å². The SMILES string of the molecule is CCOC(=O)C1=C(COC(=O)c2cc(OC)ccc2Br)NC(=O)NC1c1ccccc1. The molecule has 0 spiro atoms. The number of carbonyl (C=O) groups is 3. The predicted molar refractivity (Wildman–Crippen MR) is 115 cm³/mol. The number of hydrogen-bond acceptors (Lipinski definition) is 6. The molecule has 3 rings (SSSR count). The molecule has 1 unspecified atom stereocenters. The molecule has 2 N–H and O–H groups in total. The van der Waals surface area contributed by atoms with Crippen LogP contribution < -0.4 is 15.4 Å². The molecule has 162 valence electrons. The van der Waals surface area contributed by atoms with Crippen molar-refractivity contribution < 1.29 is 28.6 Å². The molecule has 0 saturated carbocycles. The van der Waals surface area contributed by atoms with Crippen molar-refractivity contribution in [3.05, 3.63) is 75.4 Å². The Balaban J connectivity index is 1.92. The molecule has 31 heavy (non-hydrogen) atoms. The van der Waals surface area contributed by atoms with Gasteiger partial charge >= 0.3 is 18.0 Å². The number of halogens is 1. The lowest BCUT2D eigenvalue weighted by molar-refractivity contribution is -0.139. The van der Waals surface area contributed by atoms with Gasteiger partial charge in [0.05, 0.1) is 36.6 Å². The Labute approximate surface area is 187 Å². The Morgan fingerprint density at radius 2 is 1.81 bits per heavy atom. The van der Waals surface area contributed by atoms with E-state index in [9.17, 15) is 14.4 Å². The van der Waals surface area contributed by atoms with Crippen molar-refractivity contribution in [2.24, 2.45) is 0 Å². The van der Waals surface area contributed by atoms with Crippen LogP contribution in [0.4, 0.5) is 4.79 Å². The average molecular weight is 489 g/mol. The average Bonchev–Trinajstić information content (AvgIpc) is 2.78. The van der Waals surface area contributed by atoms with Gasteiger partial charge in [-0.1, -0.05) is 30.3 Å². The van der Waals surface area contributed by atoms with Gasteiger partial charge in [-0.25, -0.2) is 14.4 Å². The van der Waals surface area contributed by atoms with Crippen LogP contribution in [-0.2, 0) is 14.3 Å². The highest BCUT2D eigenvalue weighted by Crippen LogP contribution is 2.28. The van der Waals surface area contributed by atoms with Crippen LogP contribution in [0.15, 0.2) is 64.3 Å². The third kappa shape index (κ3) is 5.24. The van der Waals surface area contributed by atoms with Crippen molar-refractivity contribution in [2.45, 2.75) is 13.0 Å². The van der Waals surface area contributed by atoms with Crippen molar-refractivity contribution in [1.82, 2.24) is 10.6 Å². The van der Waals surface area contributed by atoms with Gasteiger partial charge in [-0.15, -0.1) is 0 Å². The third-order valence-corrected chi connectivity index (χ3v) is 5.21. The highest BCUT2D eigenvalue weighted by atomic mass is 79.9. The summed E-state index contributed by atoms with van der Waals surface area (Å²) in [5.41, 5.74) is 1.27. The molecular formula is C22H21BrN2O6. The summed E-state index contributed by atoms with van der Waals surface area (Å²) in [7, 11) is 1.49. The van der Waals surface area contributed by atoms with Gasteiger partial charge in [0.25, 0.3) is 0 Å². The highest BCUT2D eigenvalue weighted by Gasteiger charge is 2.34. The molecule has 2 aromatic rings. The van der Waals surface area contributed by atoms with E-state index in [1.807, 2.05) is 6.07 Å². The van der Waals surface area contributed by atoms with Crippen LogP contribution in [0.1, 0.15) is 28.9 Å². The number of benzene rings is 2. The Morgan fingerprint density at radius 1 is 1.06 bits per heavy atom. The van der Waals surface area contributed by atoms with Crippen molar-refractivity contribution in [3.63, 3.8) is 0 Å². The third-order valence-electron chi connectivity index (χ3n) is 4.52. The molecule has 0 radical (unpaired) electrons. The number of ether oxygens (including phenoxy) is 3. The summed E-state index contributed by atoms with van der Waals surface area (Å²) >= 11 is 3.31. The van der Waals surface area contributed by atoms with Crippen LogP contribution in [0, 0.1) is 0 Å². The van der Waals surface area contributed by atoms with Crippen LogP contribution in [0.25, 0.3) is 0 Å². The molecule has 1 aliphatic rings. The molecule has 1 aliphatic heterocycles. The van der Waals surface area contributed by atoms with Gasteiger partial charge in [0.1, 0.15) is 12.4 Å². The zero-order valence-electron chi connectivity index (χ0n) is 16.9. The zero-order chi connectivity index (χ0) is 22.4. The lowest BCUT2D eigenvalue weighted by atomic mass is 9.95. The Morgan fingerprint density at radius 3 is 2.48 bits per heavy atom. The first-order valence-electron chi connectivity index (χ1n) is 9.47. The molecule has 8 nitrogen and oxygen atoms in total. The molecule has 0 aliphatic carbocycles. The van der Waals surface area contributed by atoms with E-state index in [4.69, 9.17) is 14.2 Å². The number of urea groups is 1. The molecule has 1 atom stereocenters. The number of carbonyl (C=O) groups excluding carboxylic acids is 3. The summed E-state index contributed by atoms with van der Waals surface area (Å²) in [5, 5.41) is 5.29. The smallest absolute Gasteiger partial charge is 0.339 e. The molecular weight excluding hydrogens is 468 g/mol. The van der Waals surface area contributed by atoms with E-state index in [1.54, 1.807) is 43.3 Å². The molecule has 0 saturated heterocycles. The topological polar surface area (TPSA) is 103 Å². The summed E-state index contributed by atoms with van der Waals surface area (Å²) in [6.07, 6.45) is 0. The van der Waals surface area contributed by atoms with Crippen LogP contribution in [0.3, 0.4) is 0 Å². The van der Waals surface area contributed by atoms with E-state index in [0.29, 0.717) is 15.8 Å². The monoisotopic (exact) mass is 488 g/mol. The number of hydrogen-bond donors (Lipinski definition) is 2. The predicted octanol–water partition coefficient (Wildman–Crippen LogP) is 3.49. The van der Waals surface area contributed by atoms with Gasteiger partial charge in [0.15, 0.2) is 0 Å². The molecule has 9 heteroatoms. The second-order valence-electron chi connectivity index (χ2n) is 6.48. The van der Waals surface area contributed by atoms with Crippen molar-refractivity contribution in [1.29, 1.82) is 0 Å². The largest absolute Gasteiger partial charge is 0.497 e. The van der Waals surface area contributed by atoms with E-state index < -0.39 is 24.0 Å². The number of methoxy groups -OCH3 is 1. The standard InChI is InChI=1S/C22H21BrN2O6/c1-3-30-21(27)18-17(24-22(28)25-19(18)13-7-5-4-6-8-13)12-31-20(26)15-11-14(29-2)9-10-16(15)23/h4-11,19H,3,12H2,1-2H3,(H2,24,25,28). The Bertz CT molecular complexity index is 1020. The minimum absolute atomic E-state index is 0.154. The van der Waals surface area contributed by atoms with Crippen LogP contribution in [0.5, 0.6) is 5.75 Å². The molecule has 1 heterocycles. The van der Waals surface area contributed by atoms with Crippen LogP contribution in [-0.4, -0.2) is 38.3 Å². The number of esters is 2. The van der Waals surface area contributed by atoms with Crippen LogP contribution in [0.2, 0.25) is 0 Å². The summed E-state index contributed by atoms with van der Waals surface area (Å²) in [6.45, 7) is 1.51. The van der Waals surface area contributed by atoms with E-state index in [1.165, 1.54) is 13.2 Å². The fraction of sp³-hybridized carbons (Fsp3) is 0.227. The number of amides is 2. The normalized spacial score (nSPS) is 15.6. The van der Waals surface area contributed by atoms with Crippen molar-refractivity contribution >= 4 is 33.9 Å². The van der Waals surface area contributed by atoms with Gasteiger partial charge < -0.3 is 24.8 Å². The molecule has 0 bridgehead atoms. The lowest BCUT2D eigenvalue weighted by Gasteiger charge is -2.29. The second kappa shape index (κ2) is 10.1. The first-order valence-corrected chi connectivity index (χ1v) is 10.3. The zero-order valence-corrected chi connectivity index (χ0v) is 18.5. The van der Waals surface area contributed by atoms with Crippen molar-refractivity contribution in [2.75, 3.05) is 20.3 Å². The van der Waals surface area contributed by atoms with E-state index in [2.05, 4.69) is 26.6 Å². The van der Waals surface area contributed by atoms with Gasteiger partial charge in [-0.3, -0.25) is 0 Å². The first kappa shape index (κ1) is 22.4. The maximum Gasteiger partial charge on any atom is 0.339 e. The number of rotatable bonds is 7. The van der Waals surface area contributed by atoms with Gasteiger partial charge in [0.2, 0.25) is 0 Å². The molecule has 2 amide bonds. The first-order chi connectivity index (χ1) is 14.9. The maximum absolute atomic E-state index is 12.7. The fourth-order valence-corrected chi connectivity index (χ4v) is 3.49. The summed E-state index contributed by atoms with van der Waals surface area (Å²) < 4.78 is 16.3. The van der Waals surface area contributed by atoms with E-state index in [0.717, 1.165) is 0 Å². The molecule has 0 fully saturated rings. The van der Waals surface area contributed by atoms with Crippen molar-refractivity contribution in [3.8, 4) is 5.75 Å².